The van der Waals surface area contributed by atoms with Gasteiger partial charge in [0.15, 0.2) is 5.82 Å². The van der Waals surface area contributed by atoms with Crippen LogP contribution in [0.3, 0.4) is 0 Å². The van der Waals surface area contributed by atoms with Crippen molar-refractivity contribution in [1.82, 2.24) is 15.1 Å². The van der Waals surface area contributed by atoms with Gasteiger partial charge in [-0.25, -0.2) is 4.79 Å². The van der Waals surface area contributed by atoms with Crippen LogP contribution in [0.25, 0.3) is 0 Å². The highest BCUT2D eigenvalue weighted by Gasteiger charge is 2.35. The molecule has 0 spiro atoms. The van der Waals surface area contributed by atoms with E-state index in [1.54, 1.807) is 24.0 Å². The average molecular weight is 280 g/mol. The zero-order valence-corrected chi connectivity index (χ0v) is 12.2. The van der Waals surface area contributed by atoms with Gasteiger partial charge in [0.25, 0.3) is 0 Å². The van der Waals surface area contributed by atoms with Gasteiger partial charge in [0, 0.05) is 19.3 Å². The molecule has 112 valence electrons. The topological polar surface area (TPSA) is 79.2 Å². The Morgan fingerprint density at radius 1 is 1.50 bits per heavy atom. The maximum absolute atomic E-state index is 12.1. The van der Waals surface area contributed by atoms with Crippen molar-refractivity contribution >= 4 is 11.8 Å². The lowest BCUT2D eigenvalue weighted by Crippen LogP contribution is -2.55. The van der Waals surface area contributed by atoms with Crippen LogP contribution in [-0.4, -0.2) is 33.1 Å². The Balaban J connectivity index is 1.95. The third-order valence-corrected chi connectivity index (χ3v) is 4.19. The van der Waals surface area contributed by atoms with Gasteiger partial charge in [-0.3, -0.25) is 10.00 Å². The predicted molar refractivity (Wildman–Crippen MR) is 77.4 cm³/mol. The fourth-order valence-corrected chi connectivity index (χ4v) is 2.90. The third kappa shape index (κ3) is 3.50. The maximum Gasteiger partial charge on any atom is 0.320 e. The van der Waals surface area contributed by atoms with E-state index in [1.807, 2.05) is 6.92 Å². The van der Waals surface area contributed by atoms with E-state index < -0.39 is 5.54 Å². The van der Waals surface area contributed by atoms with Crippen LogP contribution in [0.2, 0.25) is 0 Å². The highest BCUT2D eigenvalue weighted by atomic mass is 16.3. The van der Waals surface area contributed by atoms with Crippen LogP contribution in [-0.2, 0) is 7.05 Å². The number of aryl methyl sites for hydroxylation is 1. The van der Waals surface area contributed by atoms with Crippen molar-refractivity contribution in [3.8, 4) is 0 Å². The molecule has 1 saturated carbocycles. The number of carbonyl (C=O) groups is 1. The van der Waals surface area contributed by atoms with Gasteiger partial charge < -0.3 is 10.4 Å². The van der Waals surface area contributed by atoms with Crippen molar-refractivity contribution in [3.63, 3.8) is 0 Å². The summed E-state index contributed by atoms with van der Waals surface area (Å²) in [5.41, 5.74) is -0.570. The lowest BCUT2D eigenvalue weighted by atomic mass is 9.76. The van der Waals surface area contributed by atoms with Gasteiger partial charge in [0.05, 0.1) is 12.1 Å². The van der Waals surface area contributed by atoms with Crippen molar-refractivity contribution in [3.05, 3.63) is 12.3 Å². The number of amides is 2. The summed E-state index contributed by atoms with van der Waals surface area (Å²) in [6, 6.07) is 1.42. The molecule has 1 aliphatic carbocycles. The predicted octanol–water partition coefficient (Wildman–Crippen LogP) is 1.87. The Morgan fingerprint density at radius 3 is 2.75 bits per heavy atom. The SMILES string of the molecule is Cn1ccc(NC(=O)N[C@](C)(CO)C2CCCCC2)n1. The first kappa shape index (κ1) is 14.8. The molecule has 1 aromatic rings. The van der Waals surface area contributed by atoms with Crippen LogP contribution in [0.1, 0.15) is 39.0 Å². The zero-order chi connectivity index (χ0) is 14.6. The minimum absolute atomic E-state index is 0.0483. The molecule has 0 aromatic carbocycles. The van der Waals surface area contributed by atoms with Crippen molar-refractivity contribution in [1.29, 1.82) is 0 Å². The van der Waals surface area contributed by atoms with Crippen LogP contribution >= 0.6 is 0 Å². The minimum Gasteiger partial charge on any atom is -0.394 e. The first-order chi connectivity index (χ1) is 9.53. The van der Waals surface area contributed by atoms with E-state index in [9.17, 15) is 9.90 Å². The summed E-state index contributed by atoms with van der Waals surface area (Å²) in [5, 5.41) is 19.4. The van der Waals surface area contributed by atoms with E-state index in [-0.39, 0.29) is 12.6 Å². The second kappa shape index (κ2) is 6.26. The molecule has 0 bridgehead atoms. The van der Waals surface area contributed by atoms with Gasteiger partial charge in [-0.05, 0) is 25.7 Å². The summed E-state index contributed by atoms with van der Waals surface area (Å²) in [7, 11) is 1.79. The molecule has 3 N–H and O–H groups in total. The summed E-state index contributed by atoms with van der Waals surface area (Å²) >= 11 is 0. The first-order valence-corrected chi connectivity index (χ1v) is 7.23. The number of hydrogen-bond acceptors (Lipinski definition) is 3. The molecule has 1 fully saturated rings. The van der Waals surface area contributed by atoms with Crippen molar-refractivity contribution in [2.75, 3.05) is 11.9 Å². The Labute approximate surface area is 119 Å². The second-order valence-corrected chi connectivity index (χ2v) is 5.86. The normalized spacial score (nSPS) is 19.4. The minimum atomic E-state index is -0.570. The van der Waals surface area contributed by atoms with Gasteiger partial charge >= 0.3 is 6.03 Å². The molecule has 0 radical (unpaired) electrons. The van der Waals surface area contributed by atoms with Gasteiger partial charge in [-0.2, -0.15) is 5.10 Å². The molecule has 0 saturated heterocycles. The summed E-state index contributed by atoms with van der Waals surface area (Å²) in [4.78, 5) is 12.1. The summed E-state index contributed by atoms with van der Waals surface area (Å²) < 4.78 is 1.63. The largest absolute Gasteiger partial charge is 0.394 e. The van der Waals surface area contributed by atoms with Gasteiger partial charge in [-0.1, -0.05) is 19.3 Å². The number of aliphatic hydroxyl groups excluding tert-OH is 1. The van der Waals surface area contributed by atoms with E-state index >= 15 is 0 Å². The average Bonchev–Trinajstić information content (AvgIpc) is 2.84. The van der Waals surface area contributed by atoms with Crippen molar-refractivity contribution < 1.29 is 9.90 Å². The fraction of sp³-hybridized carbons (Fsp3) is 0.714. The van der Waals surface area contributed by atoms with E-state index in [4.69, 9.17) is 0 Å². The summed E-state index contributed by atoms with van der Waals surface area (Å²) in [6.07, 6.45) is 7.47. The second-order valence-electron chi connectivity index (χ2n) is 5.86. The maximum atomic E-state index is 12.1. The molecule has 1 atom stereocenters. The Kier molecular flexibility index (Phi) is 4.65. The standard InChI is InChI=1S/C14H24N4O2/c1-14(10-19,11-6-4-3-5-7-11)16-13(20)15-12-8-9-18(2)17-12/h8-9,11,19H,3-7,10H2,1-2H3,(H2,15,16,17,20)/t14-/m1/s1. The number of anilines is 1. The Hall–Kier alpha value is -1.56. The van der Waals surface area contributed by atoms with E-state index in [1.165, 1.54) is 19.3 Å². The molecule has 0 unspecified atom stereocenters. The van der Waals surface area contributed by atoms with Gasteiger partial charge in [-0.15, -0.1) is 0 Å². The molecule has 0 aliphatic heterocycles. The molecular weight excluding hydrogens is 256 g/mol. The van der Waals surface area contributed by atoms with Crippen LogP contribution in [0.15, 0.2) is 12.3 Å². The van der Waals surface area contributed by atoms with Gasteiger partial charge in [0.2, 0.25) is 0 Å². The number of urea groups is 1. The quantitative estimate of drug-likeness (QED) is 0.787. The highest BCUT2D eigenvalue weighted by Crippen LogP contribution is 2.32. The number of rotatable bonds is 4. The van der Waals surface area contributed by atoms with E-state index in [0.29, 0.717) is 11.7 Å². The molecule has 2 rings (SSSR count). The molecule has 2 amide bonds. The highest BCUT2D eigenvalue weighted by molar-refractivity contribution is 5.88. The number of nitrogens with one attached hydrogen (secondary N) is 2. The number of aromatic nitrogens is 2. The molecule has 6 nitrogen and oxygen atoms in total. The van der Waals surface area contributed by atoms with E-state index in [2.05, 4.69) is 15.7 Å². The zero-order valence-electron chi connectivity index (χ0n) is 12.2. The van der Waals surface area contributed by atoms with Crippen LogP contribution < -0.4 is 10.6 Å². The molecular formula is C14H24N4O2. The molecule has 6 heteroatoms. The van der Waals surface area contributed by atoms with E-state index in [0.717, 1.165) is 12.8 Å². The fourth-order valence-electron chi connectivity index (χ4n) is 2.90. The van der Waals surface area contributed by atoms with Crippen molar-refractivity contribution in [2.24, 2.45) is 13.0 Å². The van der Waals surface area contributed by atoms with Crippen molar-refractivity contribution in [2.45, 2.75) is 44.6 Å². The third-order valence-electron chi connectivity index (χ3n) is 4.19. The summed E-state index contributed by atoms with van der Waals surface area (Å²) in [6.45, 7) is 1.87. The lowest BCUT2D eigenvalue weighted by Gasteiger charge is -2.39. The smallest absolute Gasteiger partial charge is 0.320 e. The number of carbonyl (C=O) groups excluding carboxylic acids is 1. The summed E-state index contributed by atoms with van der Waals surface area (Å²) in [5.74, 6) is 0.838. The Bertz CT molecular complexity index is 454. The lowest BCUT2D eigenvalue weighted by molar-refractivity contribution is 0.103. The molecule has 1 aromatic heterocycles. The Morgan fingerprint density at radius 2 is 2.20 bits per heavy atom. The van der Waals surface area contributed by atoms with Crippen LogP contribution in [0.4, 0.5) is 10.6 Å². The number of aliphatic hydroxyl groups is 1. The van der Waals surface area contributed by atoms with Crippen LogP contribution in [0, 0.1) is 5.92 Å². The molecule has 1 aliphatic rings. The first-order valence-electron chi connectivity index (χ1n) is 7.23. The van der Waals surface area contributed by atoms with Gasteiger partial charge in [0.1, 0.15) is 0 Å². The van der Waals surface area contributed by atoms with Crippen LogP contribution in [0.5, 0.6) is 0 Å². The molecule has 20 heavy (non-hydrogen) atoms. The number of nitrogens with zero attached hydrogens (tertiary/aromatic N) is 2. The monoisotopic (exact) mass is 280 g/mol. The number of hydrogen-bond donors (Lipinski definition) is 3. The molecule has 1 heterocycles.